The summed E-state index contributed by atoms with van der Waals surface area (Å²) < 4.78 is 20.7. The van der Waals surface area contributed by atoms with Gasteiger partial charge in [-0.2, -0.15) is 0 Å². The van der Waals surface area contributed by atoms with Crippen LogP contribution >= 0.6 is 0 Å². The van der Waals surface area contributed by atoms with E-state index in [4.69, 9.17) is 22.0 Å². The third-order valence-electron chi connectivity index (χ3n) is 3.12. The number of alkyl halides is 1. The second kappa shape index (κ2) is 6.25. The molecule has 0 amide bonds. The summed E-state index contributed by atoms with van der Waals surface area (Å²) >= 11 is 0. The molecule has 8 nitrogen and oxygen atoms in total. The van der Waals surface area contributed by atoms with E-state index < -0.39 is 31.4 Å². The zero-order valence-corrected chi connectivity index (χ0v) is 11.4. The minimum absolute atomic E-state index is 0.206. The van der Waals surface area contributed by atoms with Crippen LogP contribution in [0.25, 0.3) is 11.0 Å². The summed E-state index contributed by atoms with van der Waals surface area (Å²) in [5, 5.41) is 28.5. The normalized spacial score (nSPS) is 16.9. The molecule has 0 fully saturated rings. The lowest BCUT2D eigenvalue weighted by atomic mass is 10.2. The second-order valence-electron chi connectivity index (χ2n) is 4.49. The third-order valence-corrected chi connectivity index (χ3v) is 3.12. The predicted molar refractivity (Wildman–Crippen MR) is 74.9 cm³/mol. The van der Waals surface area contributed by atoms with Gasteiger partial charge in [0, 0.05) is 6.20 Å². The van der Waals surface area contributed by atoms with Gasteiger partial charge in [0.15, 0.2) is 12.3 Å². The number of aromatic nitrogens is 3. The highest BCUT2D eigenvalue weighted by Crippen LogP contribution is 2.28. The number of nitrogen functional groups attached to an aromatic ring is 1. The van der Waals surface area contributed by atoms with Gasteiger partial charge in [-0.05, 0) is 6.07 Å². The van der Waals surface area contributed by atoms with Crippen molar-refractivity contribution in [2.75, 3.05) is 18.9 Å². The van der Waals surface area contributed by atoms with E-state index in [0.29, 0.717) is 11.0 Å². The summed E-state index contributed by atoms with van der Waals surface area (Å²) in [5.74, 6) is -0.990. The molecule has 2 rings (SSSR count). The minimum Gasteiger partial charge on any atom is -0.392 e. The fourth-order valence-corrected chi connectivity index (χ4v) is 1.94. The lowest BCUT2D eigenvalue weighted by Gasteiger charge is -2.30. The molecule has 0 spiro atoms. The maximum Gasteiger partial charge on any atom is 0.271 e. The quantitative estimate of drug-likeness (QED) is 0.513. The van der Waals surface area contributed by atoms with E-state index in [0.717, 1.165) is 0 Å². The Bertz CT molecular complexity index is 701. The van der Waals surface area contributed by atoms with E-state index >= 15 is 0 Å². The first-order valence-corrected chi connectivity index (χ1v) is 6.26. The molecule has 2 aromatic rings. The highest BCUT2D eigenvalue weighted by atomic mass is 19.2. The molecule has 0 aliphatic carbocycles. The van der Waals surface area contributed by atoms with E-state index in [-0.39, 0.29) is 5.82 Å². The number of aliphatic hydroxyl groups excluding tert-OH is 3. The largest absolute Gasteiger partial charge is 0.392 e. The summed E-state index contributed by atoms with van der Waals surface area (Å²) in [6.07, 6.45) is 4.31. The zero-order chi connectivity index (χ0) is 16.3. The first kappa shape index (κ1) is 16.1. The van der Waals surface area contributed by atoms with E-state index in [1.807, 2.05) is 0 Å². The maximum absolute atomic E-state index is 14.4. The molecule has 118 valence electrons. The standard InChI is InChI=1S/C13H15FN4O4/c1-2-9(21)13(14,6-20)22-10(5-19)18-4-3-8-11(15)16-7-17-12(8)18/h1,3-4,7,9-10,19-21H,5-6H2,(H2,15,16,17)/t9-,10+,13+/m0/s1. The number of nitrogens with two attached hydrogens (primary N) is 1. The van der Waals surface area contributed by atoms with Gasteiger partial charge in [0.25, 0.3) is 5.85 Å². The number of halogens is 1. The van der Waals surface area contributed by atoms with Crippen molar-refractivity contribution in [1.29, 1.82) is 0 Å². The Morgan fingerprint density at radius 2 is 2.23 bits per heavy atom. The van der Waals surface area contributed by atoms with Crippen molar-refractivity contribution < 1.29 is 24.4 Å². The van der Waals surface area contributed by atoms with Crippen LogP contribution in [0, 0.1) is 12.3 Å². The van der Waals surface area contributed by atoms with Gasteiger partial charge in [-0.15, -0.1) is 6.42 Å². The summed E-state index contributed by atoms with van der Waals surface area (Å²) in [6.45, 7) is -1.85. The Morgan fingerprint density at radius 3 is 2.82 bits per heavy atom. The molecule has 0 aromatic carbocycles. The maximum atomic E-state index is 14.4. The van der Waals surface area contributed by atoms with Crippen LogP contribution in [0.5, 0.6) is 0 Å². The fraction of sp³-hybridized carbons (Fsp3) is 0.385. The van der Waals surface area contributed by atoms with E-state index in [1.165, 1.54) is 17.1 Å². The Labute approximate surface area is 125 Å². The molecule has 2 heterocycles. The molecule has 3 atom stereocenters. The predicted octanol–water partition coefficient (Wildman–Crippen LogP) is -0.827. The SMILES string of the molecule is C#C[C@H](O)[C@@](F)(CO)O[C@H](CO)n1ccc2c(N)ncnc21. The topological polar surface area (TPSA) is 127 Å². The van der Waals surface area contributed by atoms with Gasteiger partial charge < -0.3 is 30.4 Å². The second-order valence-corrected chi connectivity index (χ2v) is 4.49. The van der Waals surface area contributed by atoms with Crippen molar-refractivity contribution in [2.45, 2.75) is 18.2 Å². The summed E-state index contributed by atoms with van der Waals surface area (Å²) in [4.78, 5) is 7.79. The number of ether oxygens (including phenoxy) is 1. The average Bonchev–Trinajstić information content (AvgIpc) is 2.97. The van der Waals surface area contributed by atoms with Crippen molar-refractivity contribution in [3.63, 3.8) is 0 Å². The number of terminal acetylenes is 1. The lowest BCUT2D eigenvalue weighted by Crippen LogP contribution is -2.45. The van der Waals surface area contributed by atoms with Crippen molar-refractivity contribution in [3.05, 3.63) is 18.6 Å². The van der Waals surface area contributed by atoms with Crippen molar-refractivity contribution in [3.8, 4) is 12.3 Å². The number of hydrogen-bond donors (Lipinski definition) is 4. The first-order chi connectivity index (χ1) is 10.5. The molecule has 0 radical (unpaired) electrons. The molecule has 0 unspecified atom stereocenters. The van der Waals surface area contributed by atoms with E-state index in [9.17, 15) is 14.6 Å². The van der Waals surface area contributed by atoms with Crippen LogP contribution < -0.4 is 5.73 Å². The number of anilines is 1. The highest BCUT2D eigenvalue weighted by Gasteiger charge is 2.41. The molecule has 0 saturated carbocycles. The van der Waals surface area contributed by atoms with Crippen LogP contribution in [0.4, 0.5) is 10.2 Å². The van der Waals surface area contributed by atoms with Crippen molar-refractivity contribution in [1.82, 2.24) is 14.5 Å². The van der Waals surface area contributed by atoms with Gasteiger partial charge in [0.05, 0.1) is 12.0 Å². The zero-order valence-electron chi connectivity index (χ0n) is 11.4. The van der Waals surface area contributed by atoms with Gasteiger partial charge in [0.2, 0.25) is 0 Å². The summed E-state index contributed by atoms with van der Waals surface area (Å²) in [6, 6.07) is 1.56. The molecular weight excluding hydrogens is 295 g/mol. The number of rotatable bonds is 6. The molecule has 2 aromatic heterocycles. The number of hydrogen-bond acceptors (Lipinski definition) is 7. The van der Waals surface area contributed by atoms with E-state index in [1.54, 1.807) is 12.0 Å². The van der Waals surface area contributed by atoms with Crippen LogP contribution in [0.1, 0.15) is 6.23 Å². The third kappa shape index (κ3) is 2.72. The smallest absolute Gasteiger partial charge is 0.271 e. The molecule has 0 aliphatic heterocycles. The van der Waals surface area contributed by atoms with Crippen LogP contribution in [0.2, 0.25) is 0 Å². The summed E-state index contributed by atoms with van der Waals surface area (Å²) in [5.41, 5.74) is 5.98. The van der Waals surface area contributed by atoms with E-state index in [2.05, 4.69) is 9.97 Å². The van der Waals surface area contributed by atoms with Gasteiger partial charge >= 0.3 is 0 Å². The van der Waals surface area contributed by atoms with Crippen LogP contribution in [0.15, 0.2) is 18.6 Å². The van der Waals surface area contributed by atoms with Crippen molar-refractivity contribution in [2.24, 2.45) is 0 Å². The average molecular weight is 310 g/mol. The number of aliphatic hydroxyl groups is 3. The van der Waals surface area contributed by atoms with Gasteiger partial charge in [-0.3, -0.25) is 0 Å². The van der Waals surface area contributed by atoms with Crippen LogP contribution in [0.3, 0.4) is 0 Å². The molecule has 0 saturated heterocycles. The Hall–Kier alpha value is -2.25. The molecular formula is C13H15FN4O4. The van der Waals surface area contributed by atoms with Gasteiger partial charge in [-0.25, -0.2) is 14.4 Å². The van der Waals surface area contributed by atoms with Crippen LogP contribution in [-0.4, -0.2) is 55.0 Å². The number of fused-ring (bicyclic) bond motifs is 1. The van der Waals surface area contributed by atoms with Crippen LogP contribution in [-0.2, 0) is 4.74 Å². The molecule has 22 heavy (non-hydrogen) atoms. The Morgan fingerprint density at radius 1 is 1.50 bits per heavy atom. The highest BCUT2D eigenvalue weighted by molar-refractivity contribution is 5.86. The first-order valence-electron chi connectivity index (χ1n) is 6.26. The lowest BCUT2D eigenvalue weighted by molar-refractivity contribution is -0.257. The molecule has 0 aliphatic rings. The van der Waals surface area contributed by atoms with Gasteiger partial charge in [-0.1, -0.05) is 5.92 Å². The number of nitrogens with zero attached hydrogens (tertiary/aromatic N) is 3. The monoisotopic (exact) mass is 310 g/mol. The molecule has 5 N–H and O–H groups in total. The van der Waals surface area contributed by atoms with Gasteiger partial charge in [0.1, 0.15) is 24.4 Å². The molecule has 9 heteroatoms. The summed E-state index contributed by atoms with van der Waals surface area (Å²) in [7, 11) is 0. The Balaban J connectivity index is 2.39. The molecule has 0 bridgehead atoms. The minimum atomic E-state index is -2.93. The Kier molecular flexibility index (Phi) is 4.58. The fourth-order valence-electron chi connectivity index (χ4n) is 1.94. The van der Waals surface area contributed by atoms with Crippen molar-refractivity contribution >= 4 is 16.9 Å².